The molecule has 5 nitrogen and oxygen atoms in total. The van der Waals surface area contributed by atoms with E-state index in [0.717, 1.165) is 15.0 Å². The van der Waals surface area contributed by atoms with Gasteiger partial charge < -0.3 is 5.32 Å². The van der Waals surface area contributed by atoms with Crippen LogP contribution >= 0.6 is 33.9 Å². The van der Waals surface area contributed by atoms with Crippen LogP contribution in [0.5, 0.6) is 0 Å². The van der Waals surface area contributed by atoms with Gasteiger partial charge in [-0.25, -0.2) is 4.39 Å². The Hall–Kier alpha value is -1.55. The van der Waals surface area contributed by atoms with E-state index in [-0.39, 0.29) is 11.4 Å². The smallest absolute Gasteiger partial charge is 0.272 e. The second-order valence-electron chi connectivity index (χ2n) is 3.51. The van der Waals surface area contributed by atoms with Gasteiger partial charge in [-0.15, -0.1) is 11.3 Å². The van der Waals surface area contributed by atoms with Gasteiger partial charge in [-0.3, -0.25) is 14.9 Å². The van der Waals surface area contributed by atoms with Gasteiger partial charge in [0, 0.05) is 11.4 Å². The number of nitro benzene ring substituents is 1. The maximum absolute atomic E-state index is 13.6. The average Bonchev–Trinajstić information content (AvgIpc) is 2.78. The number of non-ortho nitro benzene ring substituents is 1. The first-order valence-electron chi connectivity index (χ1n) is 4.96. The Morgan fingerprint density at radius 2 is 2.16 bits per heavy atom. The molecule has 1 heterocycles. The summed E-state index contributed by atoms with van der Waals surface area (Å²) in [7, 11) is 0. The van der Waals surface area contributed by atoms with Crippen LogP contribution in [0.15, 0.2) is 29.6 Å². The number of rotatable bonds is 3. The zero-order valence-corrected chi connectivity index (χ0v) is 12.2. The number of anilines is 1. The molecule has 0 bridgehead atoms. The van der Waals surface area contributed by atoms with Crippen molar-refractivity contribution in [1.29, 1.82) is 0 Å². The highest BCUT2D eigenvalue weighted by Crippen LogP contribution is 2.22. The summed E-state index contributed by atoms with van der Waals surface area (Å²) < 4.78 is 14.5. The molecule has 19 heavy (non-hydrogen) atoms. The standard InChI is InChI=1S/C11H6FIN2O3S/c12-8-4-7(15(17)18)1-2-9(8)14-11(16)6-3-10(13)19-5-6/h1-5H,(H,14,16). The Kier molecular flexibility index (Phi) is 4.10. The lowest BCUT2D eigenvalue weighted by Crippen LogP contribution is -2.12. The molecular formula is C11H6FIN2O3S. The molecule has 8 heteroatoms. The van der Waals surface area contributed by atoms with Crippen LogP contribution < -0.4 is 5.32 Å². The molecule has 0 radical (unpaired) electrons. The van der Waals surface area contributed by atoms with Crippen LogP contribution in [0.1, 0.15) is 10.4 Å². The number of carbonyl (C=O) groups excluding carboxylic acids is 1. The van der Waals surface area contributed by atoms with E-state index in [0.29, 0.717) is 5.56 Å². The van der Waals surface area contributed by atoms with Crippen LogP contribution in [-0.2, 0) is 0 Å². The zero-order valence-electron chi connectivity index (χ0n) is 9.22. The van der Waals surface area contributed by atoms with Gasteiger partial charge >= 0.3 is 0 Å². The summed E-state index contributed by atoms with van der Waals surface area (Å²) in [5.74, 6) is -1.29. The van der Waals surface area contributed by atoms with Crippen molar-refractivity contribution < 1.29 is 14.1 Å². The predicted molar refractivity (Wildman–Crippen MR) is 78.0 cm³/mol. The van der Waals surface area contributed by atoms with Gasteiger partial charge in [0.15, 0.2) is 5.82 Å². The lowest BCUT2D eigenvalue weighted by Gasteiger charge is -2.04. The summed E-state index contributed by atoms with van der Waals surface area (Å²) in [5, 5.41) is 14.5. The van der Waals surface area contributed by atoms with Gasteiger partial charge in [-0.2, -0.15) is 0 Å². The van der Waals surface area contributed by atoms with Crippen LogP contribution in [0, 0.1) is 18.8 Å². The van der Waals surface area contributed by atoms with E-state index >= 15 is 0 Å². The van der Waals surface area contributed by atoms with Gasteiger partial charge in [0.1, 0.15) is 0 Å². The fraction of sp³-hybridized carbons (Fsp3) is 0. The molecule has 98 valence electrons. The van der Waals surface area contributed by atoms with Crippen molar-refractivity contribution in [3.63, 3.8) is 0 Å². The van der Waals surface area contributed by atoms with Crippen molar-refractivity contribution in [3.05, 3.63) is 54.0 Å². The fourth-order valence-electron chi connectivity index (χ4n) is 1.34. The number of thiophene rings is 1. The first-order valence-corrected chi connectivity index (χ1v) is 6.92. The zero-order chi connectivity index (χ0) is 14.0. The molecule has 1 N–H and O–H groups in total. The molecule has 1 aromatic heterocycles. The van der Waals surface area contributed by atoms with Crippen molar-refractivity contribution in [1.82, 2.24) is 0 Å². The first kappa shape index (κ1) is 13.9. The molecule has 0 aliphatic carbocycles. The van der Waals surface area contributed by atoms with E-state index < -0.39 is 16.6 Å². The van der Waals surface area contributed by atoms with Crippen molar-refractivity contribution in [3.8, 4) is 0 Å². The summed E-state index contributed by atoms with van der Waals surface area (Å²) in [6.07, 6.45) is 0. The number of hydrogen-bond acceptors (Lipinski definition) is 4. The van der Waals surface area contributed by atoms with E-state index in [9.17, 15) is 19.3 Å². The van der Waals surface area contributed by atoms with E-state index in [1.54, 1.807) is 11.4 Å². The Labute approximate surface area is 124 Å². The van der Waals surface area contributed by atoms with Crippen LogP contribution in [-0.4, -0.2) is 10.8 Å². The molecule has 0 spiro atoms. The Morgan fingerprint density at radius 3 is 2.68 bits per heavy atom. The summed E-state index contributed by atoms with van der Waals surface area (Å²) in [5.41, 5.74) is -0.0236. The molecule has 0 saturated carbocycles. The molecule has 0 aliphatic heterocycles. The van der Waals surface area contributed by atoms with Crippen LogP contribution in [0.4, 0.5) is 15.8 Å². The molecule has 1 aromatic carbocycles. The molecule has 0 atom stereocenters. The topological polar surface area (TPSA) is 72.2 Å². The van der Waals surface area contributed by atoms with Crippen molar-refractivity contribution in [2.24, 2.45) is 0 Å². The maximum Gasteiger partial charge on any atom is 0.272 e. The quantitative estimate of drug-likeness (QED) is 0.493. The summed E-state index contributed by atoms with van der Waals surface area (Å²) in [6, 6.07) is 4.75. The number of nitrogens with one attached hydrogen (secondary N) is 1. The number of nitrogens with zero attached hydrogens (tertiary/aromatic N) is 1. The van der Waals surface area contributed by atoms with Crippen LogP contribution in [0.3, 0.4) is 0 Å². The molecule has 0 aliphatic rings. The molecule has 0 unspecified atom stereocenters. The number of halogens is 2. The first-order chi connectivity index (χ1) is 8.97. The van der Waals surface area contributed by atoms with Gasteiger partial charge in [0.2, 0.25) is 0 Å². The summed E-state index contributed by atoms with van der Waals surface area (Å²) in [4.78, 5) is 21.6. The number of carbonyl (C=O) groups is 1. The van der Waals surface area contributed by atoms with Crippen molar-refractivity contribution in [2.75, 3.05) is 5.32 Å². The van der Waals surface area contributed by atoms with Gasteiger partial charge in [0.25, 0.3) is 11.6 Å². The SMILES string of the molecule is O=C(Nc1ccc([N+](=O)[O-])cc1F)c1csc(I)c1. The van der Waals surface area contributed by atoms with Gasteiger partial charge in [-0.1, -0.05) is 0 Å². The number of amides is 1. The lowest BCUT2D eigenvalue weighted by atomic mass is 10.2. The molecule has 1 amide bonds. The third-order valence-electron chi connectivity index (χ3n) is 2.24. The second-order valence-corrected chi connectivity index (χ2v) is 6.32. The van der Waals surface area contributed by atoms with Crippen LogP contribution in [0.2, 0.25) is 0 Å². The predicted octanol–water partition coefficient (Wildman–Crippen LogP) is 3.65. The Morgan fingerprint density at radius 1 is 1.42 bits per heavy atom. The minimum absolute atomic E-state index is 0.0863. The van der Waals surface area contributed by atoms with E-state index in [4.69, 9.17) is 0 Å². The number of benzene rings is 1. The number of nitro groups is 1. The minimum atomic E-state index is -0.840. The minimum Gasteiger partial charge on any atom is -0.319 e. The third-order valence-corrected chi connectivity index (χ3v) is 4.03. The third kappa shape index (κ3) is 3.26. The summed E-state index contributed by atoms with van der Waals surface area (Å²) >= 11 is 3.47. The van der Waals surface area contributed by atoms with E-state index in [2.05, 4.69) is 27.9 Å². The lowest BCUT2D eigenvalue weighted by molar-refractivity contribution is -0.385. The molecule has 0 fully saturated rings. The maximum atomic E-state index is 13.6. The highest BCUT2D eigenvalue weighted by Gasteiger charge is 2.14. The molecular weight excluding hydrogens is 386 g/mol. The highest BCUT2D eigenvalue weighted by atomic mass is 127. The van der Waals surface area contributed by atoms with Crippen LogP contribution in [0.25, 0.3) is 0 Å². The van der Waals surface area contributed by atoms with Gasteiger partial charge in [-0.05, 0) is 34.7 Å². The van der Waals surface area contributed by atoms with Crippen molar-refractivity contribution in [2.45, 2.75) is 0 Å². The number of hydrogen-bond donors (Lipinski definition) is 1. The largest absolute Gasteiger partial charge is 0.319 e. The molecule has 0 saturated heterocycles. The summed E-state index contributed by atoms with van der Waals surface area (Å²) in [6.45, 7) is 0. The van der Waals surface area contributed by atoms with Gasteiger partial charge in [0.05, 0.1) is 25.1 Å². The van der Waals surface area contributed by atoms with Crippen molar-refractivity contribution >= 4 is 51.2 Å². The second kappa shape index (κ2) is 5.61. The molecule has 2 aromatic rings. The van der Waals surface area contributed by atoms with E-state index in [1.165, 1.54) is 17.4 Å². The fourth-order valence-corrected chi connectivity index (χ4v) is 2.67. The van der Waals surface area contributed by atoms with E-state index in [1.807, 2.05) is 0 Å². The average molecular weight is 392 g/mol. The normalized spacial score (nSPS) is 10.2. The monoisotopic (exact) mass is 392 g/mol. The highest BCUT2D eigenvalue weighted by molar-refractivity contribution is 14.1. The Bertz CT molecular complexity index is 659. The Balaban J connectivity index is 2.20. The molecule has 2 rings (SSSR count).